The third-order valence-corrected chi connectivity index (χ3v) is 4.91. The zero-order chi connectivity index (χ0) is 15.6. The lowest BCUT2D eigenvalue weighted by molar-refractivity contribution is -0.117. The number of halogens is 3. The predicted octanol–water partition coefficient (Wildman–Crippen LogP) is 4.41. The number of ketones is 1. The number of aryl methyl sites for hydroxylation is 2. The number of benzene rings is 1. The van der Waals surface area contributed by atoms with Crippen molar-refractivity contribution in [2.24, 2.45) is 7.05 Å². The molecule has 0 atom stereocenters. The highest BCUT2D eigenvalue weighted by Crippen LogP contribution is 2.24. The maximum absolute atomic E-state index is 12.2. The first kappa shape index (κ1) is 16.5. The molecule has 0 N–H and O–H groups in total. The Balaban J connectivity index is 2.11. The molecule has 0 radical (unpaired) electrons. The van der Waals surface area contributed by atoms with Crippen molar-refractivity contribution >= 4 is 44.9 Å². The van der Waals surface area contributed by atoms with E-state index in [-0.39, 0.29) is 5.78 Å². The van der Waals surface area contributed by atoms with Gasteiger partial charge in [-0.2, -0.15) is 5.10 Å². The molecule has 1 aromatic carbocycles. The molecular weight excluding hydrogens is 375 g/mol. The van der Waals surface area contributed by atoms with Gasteiger partial charge >= 0.3 is 0 Å². The number of hydrogen-bond donors (Lipinski definition) is 0. The van der Waals surface area contributed by atoms with Crippen LogP contribution in [0.5, 0.6) is 0 Å². The standard InChI is InChI=1S/C15H15BrCl2N2O/c1-3-13-15(16)14(20(2)19-13)8-10(21)6-9-4-5-11(17)12(18)7-9/h4-5,7H,3,6,8H2,1-2H3. The number of nitrogens with zero attached hydrogens (tertiary/aromatic N) is 2. The van der Waals surface area contributed by atoms with E-state index in [0.717, 1.165) is 27.8 Å². The summed E-state index contributed by atoms with van der Waals surface area (Å²) in [5.41, 5.74) is 2.73. The Morgan fingerprint density at radius 3 is 2.57 bits per heavy atom. The molecule has 0 unspecified atom stereocenters. The van der Waals surface area contributed by atoms with Gasteiger partial charge in [-0.1, -0.05) is 36.2 Å². The van der Waals surface area contributed by atoms with Gasteiger partial charge in [-0.3, -0.25) is 9.48 Å². The van der Waals surface area contributed by atoms with Gasteiger partial charge in [-0.25, -0.2) is 0 Å². The number of carbonyl (C=O) groups excluding carboxylic acids is 1. The molecule has 21 heavy (non-hydrogen) atoms. The highest BCUT2D eigenvalue weighted by Gasteiger charge is 2.16. The minimum Gasteiger partial charge on any atom is -0.299 e. The molecule has 0 saturated heterocycles. The van der Waals surface area contributed by atoms with Crippen LogP contribution in [0.25, 0.3) is 0 Å². The van der Waals surface area contributed by atoms with Gasteiger partial charge < -0.3 is 0 Å². The van der Waals surface area contributed by atoms with Gasteiger partial charge in [0.2, 0.25) is 0 Å². The monoisotopic (exact) mass is 388 g/mol. The molecule has 0 aliphatic carbocycles. The van der Waals surface area contributed by atoms with Gasteiger partial charge in [0.25, 0.3) is 0 Å². The van der Waals surface area contributed by atoms with Gasteiger partial charge in [-0.15, -0.1) is 0 Å². The fourth-order valence-corrected chi connectivity index (χ4v) is 3.22. The Kier molecular flexibility index (Phi) is 5.47. The van der Waals surface area contributed by atoms with Crippen molar-refractivity contribution in [1.29, 1.82) is 0 Å². The lowest BCUT2D eigenvalue weighted by Crippen LogP contribution is -2.10. The van der Waals surface area contributed by atoms with Crippen molar-refractivity contribution in [3.8, 4) is 0 Å². The van der Waals surface area contributed by atoms with Gasteiger partial charge in [0, 0.05) is 19.9 Å². The highest BCUT2D eigenvalue weighted by molar-refractivity contribution is 9.10. The van der Waals surface area contributed by atoms with Crippen molar-refractivity contribution in [1.82, 2.24) is 9.78 Å². The van der Waals surface area contributed by atoms with E-state index in [1.54, 1.807) is 16.8 Å². The summed E-state index contributed by atoms with van der Waals surface area (Å²) < 4.78 is 2.69. The van der Waals surface area contributed by atoms with Crippen LogP contribution in [0.15, 0.2) is 22.7 Å². The van der Waals surface area contributed by atoms with Crippen LogP contribution in [0.2, 0.25) is 10.0 Å². The first-order chi connectivity index (χ1) is 9.92. The van der Waals surface area contributed by atoms with Crippen LogP contribution in [0, 0.1) is 0 Å². The summed E-state index contributed by atoms with van der Waals surface area (Å²) in [6.45, 7) is 2.04. The van der Waals surface area contributed by atoms with E-state index in [1.165, 1.54) is 0 Å². The van der Waals surface area contributed by atoms with Crippen LogP contribution in [-0.4, -0.2) is 15.6 Å². The second-order valence-corrected chi connectivity index (χ2v) is 6.43. The van der Waals surface area contributed by atoms with E-state index >= 15 is 0 Å². The van der Waals surface area contributed by atoms with Crippen LogP contribution in [0.3, 0.4) is 0 Å². The zero-order valence-electron chi connectivity index (χ0n) is 11.8. The lowest BCUT2D eigenvalue weighted by Gasteiger charge is -2.04. The Morgan fingerprint density at radius 2 is 2.00 bits per heavy atom. The average Bonchev–Trinajstić information content (AvgIpc) is 2.70. The molecule has 6 heteroatoms. The Hall–Kier alpha value is -0.840. The summed E-state index contributed by atoms with van der Waals surface area (Å²) in [4.78, 5) is 12.2. The fourth-order valence-electron chi connectivity index (χ4n) is 2.14. The Bertz CT molecular complexity index is 683. The van der Waals surface area contributed by atoms with Crippen molar-refractivity contribution in [3.63, 3.8) is 0 Å². The molecule has 0 aliphatic rings. The summed E-state index contributed by atoms with van der Waals surface area (Å²) in [5.74, 6) is 0.111. The van der Waals surface area contributed by atoms with E-state index < -0.39 is 0 Å². The molecule has 3 nitrogen and oxygen atoms in total. The topological polar surface area (TPSA) is 34.9 Å². The zero-order valence-corrected chi connectivity index (χ0v) is 14.9. The maximum atomic E-state index is 12.2. The average molecular weight is 390 g/mol. The smallest absolute Gasteiger partial charge is 0.143 e. The minimum absolute atomic E-state index is 0.111. The summed E-state index contributed by atoms with van der Waals surface area (Å²) in [6.07, 6.45) is 1.50. The SMILES string of the molecule is CCc1nn(C)c(CC(=O)Cc2ccc(Cl)c(Cl)c2)c1Br. The summed E-state index contributed by atoms with van der Waals surface area (Å²) >= 11 is 15.4. The van der Waals surface area contributed by atoms with Crippen molar-refractivity contribution in [3.05, 3.63) is 49.7 Å². The fraction of sp³-hybridized carbons (Fsp3) is 0.333. The molecule has 0 aliphatic heterocycles. The second-order valence-electron chi connectivity index (χ2n) is 4.83. The number of aromatic nitrogens is 2. The van der Waals surface area contributed by atoms with Crippen LogP contribution < -0.4 is 0 Å². The van der Waals surface area contributed by atoms with Crippen molar-refractivity contribution in [2.75, 3.05) is 0 Å². The number of hydrogen-bond acceptors (Lipinski definition) is 2. The first-order valence-corrected chi connectivity index (χ1v) is 8.13. The summed E-state index contributed by atoms with van der Waals surface area (Å²) in [6, 6.07) is 5.26. The molecular formula is C15H15BrCl2N2O. The van der Waals surface area contributed by atoms with Crippen LogP contribution in [0.4, 0.5) is 0 Å². The minimum atomic E-state index is 0.111. The van der Waals surface area contributed by atoms with Gasteiger partial charge in [0.1, 0.15) is 5.78 Å². The summed E-state index contributed by atoms with van der Waals surface area (Å²) in [7, 11) is 1.85. The van der Waals surface area contributed by atoms with Crippen LogP contribution in [0.1, 0.15) is 23.9 Å². The third-order valence-electron chi connectivity index (χ3n) is 3.25. The Labute approximate surface area is 142 Å². The second kappa shape index (κ2) is 6.95. The largest absolute Gasteiger partial charge is 0.299 e. The molecule has 0 spiro atoms. The molecule has 0 fully saturated rings. The van der Waals surface area contributed by atoms with Crippen LogP contribution >= 0.6 is 39.1 Å². The molecule has 112 valence electrons. The van der Waals surface area contributed by atoms with Crippen molar-refractivity contribution in [2.45, 2.75) is 26.2 Å². The predicted molar refractivity (Wildman–Crippen MR) is 89.2 cm³/mol. The normalized spacial score (nSPS) is 10.9. The van der Waals surface area contributed by atoms with Gasteiger partial charge in [-0.05, 0) is 40.0 Å². The number of rotatable bonds is 5. The highest BCUT2D eigenvalue weighted by atomic mass is 79.9. The van der Waals surface area contributed by atoms with E-state index in [9.17, 15) is 4.79 Å². The lowest BCUT2D eigenvalue weighted by atomic mass is 10.1. The molecule has 1 heterocycles. The molecule has 0 bridgehead atoms. The molecule has 0 saturated carbocycles. The van der Waals surface area contributed by atoms with Crippen LogP contribution in [-0.2, 0) is 31.1 Å². The molecule has 2 rings (SSSR count). The van der Waals surface area contributed by atoms with E-state index in [2.05, 4.69) is 21.0 Å². The first-order valence-electron chi connectivity index (χ1n) is 6.58. The summed E-state index contributed by atoms with van der Waals surface area (Å²) in [5, 5.41) is 5.36. The Morgan fingerprint density at radius 1 is 1.29 bits per heavy atom. The van der Waals surface area contributed by atoms with Gasteiger partial charge in [0.15, 0.2) is 0 Å². The van der Waals surface area contributed by atoms with Gasteiger partial charge in [0.05, 0.1) is 25.9 Å². The third kappa shape index (κ3) is 3.87. The quantitative estimate of drug-likeness (QED) is 0.759. The maximum Gasteiger partial charge on any atom is 0.143 e. The van der Waals surface area contributed by atoms with E-state index in [0.29, 0.717) is 22.9 Å². The van der Waals surface area contributed by atoms with E-state index in [1.807, 2.05) is 20.0 Å². The molecule has 2 aromatic rings. The molecule has 1 aromatic heterocycles. The van der Waals surface area contributed by atoms with Crippen molar-refractivity contribution < 1.29 is 4.79 Å². The number of Topliss-reactive ketones (excluding diaryl/α,β-unsaturated/α-hetero) is 1. The van der Waals surface area contributed by atoms with E-state index in [4.69, 9.17) is 23.2 Å². The number of carbonyl (C=O) groups is 1. The molecule has 0 amide bonds.